The van der Waals surface area contributed by atoms with Crippen LogP contribution in [0.1, 0.15) is 45.4 Å². The third kappa shape index (κ3) is 4.20. The molecule has 20 heavy (non-hydrogen) atoms. The van der Waals surface area contributed by atoms with E-state index in [0.29, 0.717) is 32.3 Å². The van der Waals surface area contributed by atoms with Crippen molar-refractivity contribution in [3.8, 4) is 0 Å². The molecule has 2 rings (SSSR count). The average molecular weight is 282 g/mol. The third-order valence-electron chi connectivity index (χ3n) is 4.36. The molecule has 1 aliphatic carbocycles. The van der Waals surface area contributed by atoms with Crippen LogP contribution in [0.15, 0.2) is 0 Å². The molecule has 1 aliphatic heterocycles. The highest BCUT2D eigenvalue weighted by molar-refractivity contribution is 5.79. The van der Waals surface area contributed by atoms with Crippen LogP contribution in [0.5, 0.6) is 0 Å². The number of carbonyl (C=O) groups is 2. The number of ether oxygens (including phenoxy) is 1. The van der Waals surface area contributed by atoms with Gasteiger partial charge >= 0.3 is 5.97 Å². The largest absolute Gasteiger partial charge is 0.466 e. The van der Waals surface area contributed by atoms with E-state index < -0.39 is 0 Å². The molecule has 0 bridgehead atoms. The lowest BCUT2D eigenvalue weighted by atomic mass is 9.97. The van der Waals surface area contributed by atoms with E-state index >= 15 is 0 Å². The number of amides is 1. The molecule has 0 spiro atoms. The molecule has 0 radical (unpaired) electrons. The van der Waals surface area contributed by atoms with Crippen molar-refractivity contribution in [2.75, 3.05) is 26.2 Å². The Morgan fingerprint density at radius 3 is 2.40 bits per heavy atom. The van der Waals surface area contributed by atoms with Gasteiger partial charge in [0, 0.05) is 19.1 Å². The SMILES string of the molecule is CCOC(=O)C1CCN(C(=O)CNC2CCCC2)CC1. The van der Waals surface area contributed by atoms with Gasteiger partial charge in [-0.05, 0) is 32.6 Å². The van der Waals surface area contributed by atoms with Gasteiger partial charge in [-0.3, -0.25) is 9.59 Å². The van der Waals surface area contributed by atoms with E-state index in [-0.39, 0.29) is 17.8 Å². The Hall–Kier alpha value is -1.10. The zero-order valence-electron chi connectivity index (χ0n) is 12.4. The number of hydrogen-bond acceptors (Lipinski definition) is 4. The summed E-state index contributed by atoms with van der Waals surface area (Å²) in [4.78, 5) is 25.6. The second-order valence-electron chi connectivity index (χ2n) is 5.77. The summed E-state index contributed by atoms with van der Waals surface area (Å²) in [5.74, 6) is 0.0321. The van der Waals surface area contributed by atoms with Gasteiger partial charge in [0.25, 0.3) is 0 Å². The molecule has 0 aromatic carbocycles. The molecule has 114 valence electrons. The zero-order chi connectivity index (χ0) is 14.4. The highest BCUT2D eigenvalue weighted by Gasteiger charge is 2.28. The standard InChI is InChI=1S/C15H26N2O3/c1-2-20-15(19)12-7-9-17(10-8-12)14(18)11-16-13-5-3-4-6-13/h12-13,16H,2-11H2,1H3. The Labute approximate surface area is 121 Å². The zero-order valence-corrected chi connectivity index (χ0v) is 12.4. The summed E-state index contributed by atoms with van der Waals surface area (Å²) in [6.07, 6.45) is 6.39. The summed E-state index contributed by atoms with van der Waals surface area (Å²) < 4.78 is 5.04. The van der Waals surface area contributed by atoms with Crippen LogP contribution in [0, 0.1) is 5.92 Å². The van der Waals surface area contributed by atoms with E-state index in [1.165, 1.54) is 25.7 Å². The minimum atomic E-state index is -0.108. The molecule has 1 heterocycles. The highest BCUT2D eigenvalue weighted by Crippen LogP contribution is 2.19. The normalized spacial score (nSPS) is 21.1. The first-order chi connectivity index (χ1) is 9.70. The molecule has 5 heteroatoms. The quantitative estimate of drug-likeness (QED) is 0.773. The molecule has 1 amide bonds. The first-order valence-corrected chi connectivity index (χ1v) is 7.88. The summed E-state index contributed by atoms with van der Waals surface area (Å²) in [7, 11) is 0. The topological polar surface area (TPSA) is 58.6 Å². The van der Waals surface area contributed by atoms with Crippen LogP contribution in [0.4, 0.5) is 0 Å². The first-order valence-electron chi connectivity index (χ1n) is 7.88. The molecular weight excluding hydrogens is 256 g/mol. The van der Waals surface area contributed by atoms with Gasteiger partial charge in [0.1, 0.15) is 0 Å². The van der Waals surface area contributed by atoms with Crippen molar-refractivity contribution >= 4 is 11.9 Å². The van der Waals surface area contributed by atoms with Gasteiger partial charge in [-0.2, -0.15) is 0 Å². The molecule has 2 aliphatic rings. The van der Waals surface area contributed by atoms with Crippen molar-refractivity contribution < 1.29 is 14.3 Å². The van der Waals surface area contributed by atoms with Gasteiger partial charge in [0.2, 0.25) is 5.91 Å². The Morgan fingerprint density at radius 1 is 1.15 bits per heavy atom. The van der Waals surface area contributed by atoms with Crippen molar-refractivity contribution in [1.29, 1.82) is 0 Å². The predicted octanol–water partition coefficient (Wildman–Crippen LogP) is 1.32. The van der Waals surface area contributed by atoms with Crippen molar-refractivity contribution in [3.05, 3.63) is 0 Å². The maximum atomic E-state index is 12.1. The maximum absolute atomic E-state index is 12.1. The van der Waals surface area contributed by atoms with Crippen LogP contribution >= 0.6 is 0 Å². The maximum Gasteiger partial charge on any atom is 0.309 e. The van der Waals surface area contributed by atoms with Crippen LogP contribution in [-0.4, -0.2) is 49.1 Å². The lowest BCUT2D eigenvalue weighted by molar-refractivity contribution is -0.151. The first kappa shape index (κ1) is 15.3. The van der Waals surface area contributed by atoms with E-state index in [0.717, 1.165) is 12.8 Å². The average Bonchev–Trinajstić information content (AvgIpc) is 2.98. The van der Waals surface area contributed by atoms with Gasteiger partial charge in [0.15, 0.2) is 0 Å². The molecule has 5 nitrogen and oxygen atoms in total. The summed E-state index contributed by atoms with van der Waals surface area (Å²) in [6, 6.07) is 0.524. The number of nitrogens with zero attached hydrogens (tertiary/aromatic N) is 1. The van der Waals surface area contributed by atoms with Crippen LogP contribution in [-0.2, 0) is 14.3 Å². The summed E-state index contributed by atoms with van der Waals surface area (Å²) >= 11 is 0. The number of piperidine rings is 1. The second kappa shape index (κ2) is 7.62. The lowest BCUT2D eigenvalue weighted by Crippen LogP contribution is -2.45. The van der Waals surface area contributed by atoms with Crippen LogP contribution in [0.25, 0.3) is 0 Å². The predicted molar refractivity (Wildman–Crippen MR) is 76.2 cm³/mol. The molecule has 1 saturated carbocycles. The van der Waals surface area contributed by atoms with Crippen LogP contribution < -0.4 is 5.32 Å². The highest BCUT2D eigenvalue weighted by atomic mass is 16.5. The summed E-state index contributed by atoms with van der Waals surface area (Å²) in [5, 5.41) is 3.35. The number of likely N-dealkylation sites (tertiary alicyclic amines) is 1. The Balaban J connectivity index is 1.67. The van der Waals surface area contributed by atoms with E-state index in [1.807, 2.05) is 11.8 Å². The van der Waals surface area contributed by atoms with Crippen LogP contribution in [0.3, 0.4) is 0 Å². The molecule has 2 fully saturated rings. The van der Waals surface area contributed by atoms with Crippen molar-refractivity contribution in [2.45, 2.75) is 51.5 Å². The number of esters is 1. The summed E-state index contributed by atoms with van der Waals surface area (Å²) in [5.41, 5.74) is 0. The second-order valence-corrected chi connectivity index (χ2v) is 5.77. The van der Waals surface area contributed by atoms with E-state index in [2.05, 4.69) is 5.32 Å². The molecule has 0 aromatic rings. The van der Waals surface area contributed by atoms with E-state index in [9.17, 15) is 9.59 Å². The Morgan fingerprint density at radius 2 is 1.80 bits per heavy atom. The van der Waals surface area contributed by atoms with Crippen molar-refractivity contribution in [1.82, 2.24) is 10.2 Å². The minimum absolute atomic E-state index is 0.0261. The van der Waals surface area contributed by atoms with Gasteiger partial charge in [-0.15, -0.1) is 0 Å². The van der Waals surface area contributed by atoms with Gasteiger partial charge in [-0.1, -0.05) is 12.8 Å². The fourth-order valence-electron chi connectivity index (χ4n) is 3.10. The van der Waals surface area contributed by atoms with E-state index in [1.54, 1.807) is 0 Å². The molecule has 0 atom stereocenters. The molecular formula is C15H26N2O3. The Bertz CT molecular complexity index is 332. The number of rotatable bonds is 5. The van der Waals surface area contributed by atoms with Crippen molar-refractivity contribution in [3.63, 3.8) is 0 Å². The van der Waals surface area contributed by atoms with Crippen LogP contribution in [0.2, 0.25) is 0 Å². The van der Waals surface area contributed by atoms with Gasteiger partial charge in [-0.25, -0.2) is 0 Å². The monoisotopic (exact) mass is 282 g/mol. The van der Waals surface area contributed by atoms with E-state index in [4.69, 9.17) is 4.74 Å². The minimum Gasteiger partial charge on any atom is -0.466 e. The Kier molecular flexibility index (Phi) is 5.83. The van der Waals surface area contributed by atoms with Gasteiger partial charge in [0.05, 0.1) is 19.1 Å². The number of nitrogens with one attached hydrogen (secondary N) is 1. The third-order valence-corrected chi connectivity index (χ3v) is 4.36. The molecule has 0 aromatic heterocycles. The molecule has 1 N–H and O–H groups in total. The number of hydrogen-bond donors (Lipinski definition) is 1. The lowest BCUT2D eigenvalue weighted by Gasteiger charge is -2.31. The smallest absolute Gasteiger partial charge is 0.309 e. The molecule has 0 unspecified atom stereocenters. The summed E-state index contributed by atoms with van der Waals surface area (Å²) in [6.45, 7) is 4.05. The number of carbonyl (C=O) groups excluding carboxylic acids is 2. The van der Waals surface area contributed by atoms with Gasteiger partial charge < -0.3 is 15.0 Å². The fraction of sp³-hybridized carbons (Fsp3) is 0.867. The molecule has 1 saturated heterocycles. The van der Waals surface area contributed by atoms with Crippen molar-refractivity contribution in [2.24, 2.45) is 5.92 Å². The fourth-order valence-corrected chi connectivity index (χ4v) is 3.10.